The molecule has 3 rings (SSSR count). The second kappa shape index (κ2) is 3.55. The average Bonchev–Trinajstić information content (AvgIpc) is 2.74. The van der Waals surface area contributed by atoms with Crippen LogP contribution in [0.3, 0.4) is 0 Å². The molecule has 0 radical (unpaired) electrons. The fraction of sp³-hybridized carbons (Fsp3) is 0.231. The highest BCUT2D eigenvalue weighted by atomic mass is 15.5. The molecule has 1 aliphatic heterocycles. The quantitative estimate of drug-likeness (QED) is 0.745. The van der Waals surface area contributed by atoms with Gasteiger partial charge in [0.25, 0.3) is 0 Å². The Morgan fingerprint density at radius 2 is 2.07 bits per heavy atom. The van der Waals surface area contributed by atoms with Gasteiger partial charge < -0.3 is 0 Å². The summed E-state index contributed by atoms with van der Waals surface area (Å²) in [4.78, 5) is 0. The number of allylic oxidation sites excluding steroid dienone is 3. The predicted molar refractivity (Wildman–Crippen MR) is 62.3 cm³/mol. The van der Waals surface area contributed by atoms with Crippen molar-refractivity contribution in [2.24, 2.45) is 5.92 Å². The maximum absolute atomic E-state index is 3.44. The first-order valence-corrected chi connectivity index (χ1v) is 5.40. The van der Waals surface area contributed by atoms with Crippen molar-refractivity contribution < 1.29 is 0 Å². The Labute approximate surface area is 89.9 Å². The number of benzene rings is 1. The first kappa shape index (κ1) is 8.74. The lowest BCUT2D eigenvalue weighted by atomic mass is 9.98. The number of rotatable bonds is 1. The minimum Gasteiger partial charge on any atom is -0.281 e. The van der Waals surface area contributed by atoms with Crippen LogP contribution in [0.1, 0.15) is 6.42 Å². The molecule has 1 heterocycles. The van der Waals surface area contributed by atoms with E-state index in [0.29, 0.717) is 5.92 Å². The summed E-state index contributed by atoms with van der Waals surface area (Å²) in [5.74, 6) is 0.648. The molecule has 76 valence electrons. The van der Waals surface area contributed by atoms with Crippen LogP contribution in [-0.2, 0) is 0 Å². The molecule has 1 fully saturated rings. The maximum Gasteiger partial charge on any atom is 0.0574 e. The van der Waals surface area contributed by atoms with Crippen LogP contribution in [0.25, 0.3) is 0 Å². The Morgan fingerprint density at radius 1 is 1.20 bits per heavy atom. The third kappa shape index (κ3) is 1.47. The van der Waals surface area contributed by atoms with Crippen molar-refractivity contribution in [3.05, 3.63) is 54.3 Å². The van der Waals surface area contributed by atoms with Crippen LogP contribution in [0.2, 0.25) is 0 Å². The van der Waals surface area contributed by atoms with E-state index in [1.165, 1.54) is 11.4 Å². The van der Waals surface area contributed by atoms with Gasteiger partial charge in [-0.25, -0.2) is 5.43 Å². The lowest BCUT2D eigenvalue weighted by molar-refractivity contribution is 0.657. The van der Waals surface area contributed by atoms with E-state index in [0.717, 1.165) is 13.0 Å². The molecular formula is C13H14N2. The standard InChI is InChI=1S/C13H14N2/c1-2-7-12(8-3-1)15-13-9-5-4-6-11(13)10-14-15/h1-5,7-9,11,14H,6,10H2. The Hall–Kier alpha value is -1.54. The van der Waals surface area contributed by atoms with Crippen LogP contribution in [0, 0.1) is 5.92 Å². The van der Waals surface area contributed by atoms with E-state index in [2.05, 4.69) is 52.9 Å². The highest BCUT2D eigenvalue weighted by Gasteiger charge is 2.28. The molecule has 1 saturated heterocycles. The van der Waals surface area contributed by atoms with Crippen LogP contribution in [0.5, 0.6) is 0 Å². The zero-order chi connectivity index (χ0) is 10.1. The molecule has 15 heavy (non-hydrogen) atoms. The van der Waals surface area contributed by atoms with Gasteiger partial charge in [-0.3, -0.25) is 5.01 Å². The molecule has 1 atom stereocenters. The zero-order valence-corrected chi connectivity index (χ0v) is 8.56. The van der Waals surface area contributed by atoms with Gasteiger partial charge in [0.1, 0.15) is 0 Å². The smallest absolute Gasteiger partial charge is 0.0574 e. The number of anilines is 1. The molecule has 1 unspecified atom stereocenters. The molecule has 1 N–H and O–H groups in total. The Balaban J connectivity index is 1.95. The van der Waals surface area contributed by atoms with E-state index < -0.39 is 0 Å². The van der Waals surface area contributed by atoms with Crippen molar-refractivity contribution in [1.82, 2.24) is 5.43 Å². The van der Waals surface area contributed by atoms with Gasteiger partial charge in [0.2, 0.25) is 0 Å². The molecular weight excluding hydrogens is 184 g/mol. The first-order valence-electron chi connectivity index (χ1n) is 5.40. The number of nitrogens with zero attached hydrogens (tertiary/aromatic N) is 1. The summed E-state index contributed by atoms with van der Waals surface area (Å²) in [5.41, 5.74) is 6.06. The van der Waals surface area contributed by atoms with E-state index in [-0.39, 0.29) is 0 Å². The summed E-state index contributed by atoms with van der Waals surface area (Å²) in [6, 6.07) is 10.5. The highest BCUT2D eigenvalue weighted by Crippen LogP contribution is 2.31. The van der Waals surface area contributed by atoms with E-state index in [9.17, 15) is 0 Å². The predicted octanol–water partition coefficient (Wildman–Crippen LogP) is 2.47. The molecule has 0 aromatic heterocycles. The summed E-state index contributed by atoms with van der Waals surface area (Å²) in [5, 5.41) is 2.20. The average molecular weight is 198 g/mol. The second-order valence-electron chi connectivity index (χ2n) is 3.99. The molecule has 0 saturated carbocycles. The lowest BCUT2D eigenvalue weighted by Gasteiger charge is -2.22. The molecule has 1 aliphatic carbocycles. The number of hydrogen-bond acceptors (Lipinski definition) is 2. The number of nitrogens with one attached hydrogen (secondary N) is 1. The second-order valence-corrected chi connectivity index (χ2v) is 3.99. The zero-order valence-electron chi connectivity index (χ0n) is 8.56. The van der Waals surface area contributed by atoms with Gasteiger partial charge in [0.05, 0.1) is 5.69 Å². The third-order valence-corrected chi connectivity index (χ3v) is 3.01. The van der Waals surface area contributed by atoms with E-state index >= 15 is 0 Å². The van der Waals surface area contributed by atoms with Crippen molar-refractivity contribution in [2.75, 3.05) is 11.6 Å². The molecule has 1 aromatic rings. The summed E-state index contributed by atoms with van der Waals surface area (Å²) in [6.45, 7) is 1.05. The Kier molecular flexibility index (Phi) is 2.07. The molecule has 0 spiro atoms. The number of hydrazine groups is 1. The van der Waals surface area contributed by atoms with Crippen LogP contribution >= 0.6 is 0 Å². The number of hydrogen-bond donors (Lipinski definition) is 1. The van der Waals surface area contributed by atoms with Crippen molar-refractivity contribution in [1.29, 1.82) is 0 Å². The monoisotopic (exact) mass is 198 g/mol. The van der Waals surface area contributed by atoms with Crippen molar-refractivity contribution in [3.8, 4) is 0 Å². The molecule has 1 aromatic carbocycles. The van der Waals surface area contributed by atoms with Crippen LogP contribution in [0.4, 0.5) is 5.69 Å². The summed E-state index contributed by atoms with van der Waals surface area (Å²) in [7, 11) is 0. The third-order valence-electron chi connectivity index (χ3n) is 3.01. The topological polar surface area (TPSA) is 15.3 Å². The number of fused-ring (bicyclic) bond motifs is 1. The first-order chi connectivity index (χ1) is 7.45. The van der Waals surface area contributed by atoms with E-state index in [1.807, 2.05) is 6.07 Å². The van der Waals surface area contributed by atoms with Crippen molar-refractivity contribution in [3.63, 3.8) is 0 Å². The van der Waals surface area contributed by atoms with Gasteiger partial charge in [0.15, 0.2) is 0 Å². The summed E-state index contributed by atoms with van der Waals surface area (Å²) >= 11 is 0. The molecule has 2 aliphatic rings. The Morgan fingerprint density at radius 3 is 2.93 bits per heavy atom. The summed E-state index contributed by atoms with van der Waals surface area (Å²) in [6.07, 6.45) is 7.75. The molecule has 0 amide bonds. The van der Waals surface area contributed by atoms with Gasteiger partial charge in [-0.05, 0) is 24.6 Å². The molecule has 0 bridgehead atoms. The lowest BCUT2D eigenvalue weighted by Crippen LogP contribution is -2.29. The molecule has 2 heteroatoms. The minimum absolute atomic E-state index is 0.648. The van der Waals surface area contributed by atoms with Crippen LogP contribution in [0.15, 0.2) is 54.3 Å². The van der Waals surface area contributed by atoms with Crippen molar-refractivity contribution in [2.45, 2.75) is 6.42 Å². The normalized spacial score (nSPS) is 23.9. The van der Waals surface area contributed by atoms with Gasteiger partial charge in [-0.15, -0.1) is 0 Å². The largest absolute Gasteiger partial charge is 0.281 e. The number of para-hydroxylation sites is 1. The summed E-state index contributed by atoms with van der Waals surface area (Å²) < 4.78 is 0. The fourth-order valence-corrected chi connectivity index (χ4v) is 2.22. The SMILES string of the molecule is C1=CCC2CNN(c3ccccc3)C2=C1. The van der Waals surface area contributed by atoms with E-state index in [1.54, 1.807) is 0 Å². The minimum atomic E-state index is 0.648. The van der Waals surface area contributed by atoms with Gasteiger partial charge in [-0.2, -0.15) is 0 Å². The van der Waals surface area contributed by atoms with Crippen LogP contribution in [-0.4, -0.2) is 6.54 Å². The highest BCUT2D eigenvalue weighted by molar-refractivity contribution is 5.53. The van der Waals surface area contributed by atoms with Crippen molar-refractivity contribution >= 4 is 5.69 Å². The molecule has 2 nitrogen and oxygen atoms in total. The van der Waals surface area contributed by atoms with Gasteiger partial charge >= 0.3 is 0 Å². The maximum atomic E-state index is 3.44. The van der Waals surface area contributed by atoms with Crippen LogP contribution < -0.4 is 10.4 Å². The van der Waals surface area contributed by atoms with E-state index in [4.69, 9.17) is 0 Å². The van der Waals surface area contributed by atoms with Gasteiger partial charge in [0, 0.05) is 18.2 Å². The fourth-order valence-electron chi connectivity index (χ4n) is 2.22. The Bertz CT molecular complexity index is 406. The van der Waals surface area contributed by atoms with Gasteiger partial charge in [-0.1, -0.05) is 30.4 Å².